The molecule has 0 saturated carbocycles. The van der Waals surface area contributed by atoms with Gasteiger partial charge in [0.1, 0.15) is 0 Å². The number of carbonyl (C=O) groups excluding carboxylic acids is 1. The molecular formula is C12H14ClF3N2O5S. The molecule has 0 aliphatic carbocycles. The number of rotatable bonds is 6. The lowest BCUT2D eigenvalue weighted by atomic mass is 10.1. The van der Waals surface area contributed by atoms with E-state index in [1.165, 1.54) is 0 Å². The van der Waals surface area contributed by atoms with Crippen LogP contribution in [0.25, 0.3) is 0 Å². The van der Waals surface area contributed by atoms with Crippen LogP contribution in [0.5, 0.6) is 0 Å². The predicted molar refractivity (Wildman–Crippen MR) is 79.0 cm³/mol. The molecule has 0 aromatic heterocycles. The molecule has 12 heteroatoms. The van der Waals surface area contributed by atoms with E-state index >= 15 is 0 Å². The number of alkyl halides is 3. The van der Waals surface area contributed by atoms with Crippen LogP contribution in [0.2, 0.25) is 5.02 Å². The Labute approximate surface area is 140 Å². The van der Waals surface area contributed by atoms with Gasteiger partial charge in [-0.2, -0.15) is 13.2 Å². The summed E-state index contributed by atoms with van der Waals surface area (Å²) in [5, 5.41) is 19.3. The van der Waals surface area contributed by atoms with Crippen LogP contribution in [-0.4, -0.2) is 49.5 Å². The van der Waals surface area contributed by atoms with Gasteiger partial charge in [0.2, 0.25) is 15.6 Å². The van der Waals surface area contributed by atoms with Crippen molar-refractivity contribution in [1.29, 1.82) is 0 Å². The van der Waals surface area contributed by atoms with E-state index in [0.717, 1.165) is 18.2 Å². The largest absolute Gasteiger partial charge is 0.426 e. The fourth-order valence-corrected chi connectivity index (χ4v) is 2.74. The molecule has 1 aromatic carbocycles. The summed E-state index contributed by atoms with van der Waals surface area (Å²) in [7, 11) is -3.98. The summed E-state index contributed by atoms with van der Waals surface area (Å²) in [5.41, 5.74) is -3.96. The Bertz CT molecular complexity index is 722. The van der Waals surface area contributed by atoms with Crippen molar-refractivity contribution in [3.63, 3.8) is 0 Å². The molecule has 0 aliphatic heterocycles. The molecule has 1 unspecified atom stereocenters. The first kappa shape index (κ1) is 20.6. The highest BCUT2D eigenvalue weighted by molar-refractivity contribution is 7.89. The number of anilines is 1. The van der Waals surface area contributed by atoms with Crippen molar-refractivity contribution in [2.75, 3.05) is 18.5 Å². The van der Waals surface area contributed by atoms with Crippen LogP contribution < -0.4 is 10.0 Å². The monoisotopic (exact) mass is 390 g/mol. The second-order valence-electron chi connectivity index (χ2n) is 4.79. The van der Waals surface area contributed by atoms with Crippen LogP contribution in [0.1, 0.15) is 6.92 Å². The van der Waals surface area contributed by atoms with Crippen molar-refractivity contribution in [3.05, 3.63) is 23.2 Å². The van der Waals surface area contributed by atoms with Crippen LogP contribution in [0.4, 0.5) is 18.9 Å². The van der Waals surface area contributed by atoms with Crippen LogP contribution in [0.15, 0.2) is 23.1 Å². The van der Waals surface area contributed by atoms with E-state index in [-0.39, 0.29) is 29.1 Å². The second-order valence-corrected chi connectivity index (χ2v) is 6.96. The van der Waals surface area contributed by atoms with E-state index in [2.05, 4.69) is 0 Å². The fraction of sp³-hybridized carbons (Fsp3) is 0.417. The van der Waals surface area contributed by atoms with E-state index < -0.39 is 34.3 Å². The number of carbonyl (C=O) groups is 1. The summed E-state index contributed by atoms with van der Waals surface area (Å²) in [5.74, 6) is -1.77. The van der Waals surface area contributed by atoms with Gasteiger partial charge in [-0.05, 0) is 25.1 Å². The molecule has 0 saturated heterocycles. The maximum atomic E-state index is 12.6. The van der Waals surface area contributed by atoms with Gasteiger partial charge in [-0.15, -0.1) is 0 Å². The predicted octanol–water partition coefficient (Wildman–Crippen LogP) is 0.862. The molecular weight excluding hydrogens is 377 g/mol. The molecule has 0 bridgehead atoms. The van der Waals surface area contributed by atoms with E-state index in [1.807, 2.05) is 4.72 Å². The first-order valence-electron chi connectivity index (χ1n) is 6.33. The Kier molecular flexibility index (Phi) is 6.22. The minimum absolute atomic E-state index is 0.243. The molecule has 0 spiro atoms. The molecule has 0 radical (unpaired) electrons. The van der Waals surface area contributed by atoms with Crippen LogP contribution in [0, 0.1) is 0 Å². The van der Waals surface area contributed by atoms with Crippen LogP contribution in [-0.2, 0) is 14.8 Å². The Morgan fingerprint density at radius 2 is 1.92 bits per heavy atom. The number of benzene rings is 1. The van der Waals surface area contributed by atoms with Crippen LogP contribution >= 0.6 is 11.6 Å². The molecule has 1 atom stereocenters. The SMILES string of the molecule is CC(O)(C(=O)Nc1ccc(S(=O)(=O)NCCO)cc1Cl)C(F)(F)F. The standard InChI is InChI=1S/C12H14ClF3N2O5S/c1-11(21,12(14,15)16)10(20)18-9-3-2-7(6-8(9)13)24(22,23)17-4-5-19/h2-3,6,17,19,21H,4-5H2,1H3,(H,18,20). The summed E-state index contributed by atoms with van der Waals surface area (Å²) in [6.45, 7) is -0.408. The molecule has 136 valence electrons. The Balaban J connectivity index is 3.04. The lowest BCUT2D eigenvalue weighted by molar-refractivity contribution is -0.242. The summed E-state index contributed by atoms with van der Waals surface area (Å²) < 4.78 is 63.4. The lowest BCUT2D eigenvalue weighted by Crippen LogP contribution is -2.52. The smallest absolute Gasteiger partial charge is 0.395 e. The highest BCUT2D eigenvalue weighted by Gasteiger charge is 2.55. The van der Waals surface area contributed by atoms with E-state index in [0.29, 0.717) is 0 Å². The third-order valence-electron chi connectivity index (χ3n) is 2.90. The maximum absolute atomic E-state index is 12.6. The third-order valence-corrected chi connectivity index (χ3v) is 4.67. The zero-order valence-electron chi connectivity index (χ0n) is 12.2. The molecule has 7 nitrogen and oxygen atoms in total. The van der Waals surface area contributed by atoms with Crippen molar-refractivity contribution in [3.8, 4) is 0 Å². The summed E-state index contributed by atoms with van der Waals surface area (Å²) in [4.78, 5) is 11.2. The van der Waals surface area contributed by atoms with Crippen LogP contribution in [0.3, 0.4) is 0 Å². The Hall–Kier alpha value is -1.40. The zero-order chi connectivity index (χ0) is 18.8. The number of nitrogens with one attached hydrogen (secondary N) is 2. The number of hydrogen-bond acceptors (Lipinski definition) is 5. The molecule has 24 heavy (non-hydrogen) atoms. The number of hydrogen-bond donors (Lipinski definition) is 4. The highest BCUT2D eigenvalue weighted by atomic mass is 35.5. The van der Waals surface area contributed by atoms with E-state index in [9.17, 15) is 31.5 Å². The Morgan fingerprint density at radius 3 is 2.38 bits per heavy atom. The van der Waals surface area contributed by atoms with Gasteiger partial charge in [-0.25, -0.2) is 13.1 Å². The minimum Gasteiger partial charge on any atom is -0.395 e. The number of sulfonamides is 1. The number of amides is 1. The molecule has 0 heterocycles. The second kappa shape index (κ2) is 7.23. The molecule has 1 amide bonds. The zero-order valence-corrected chi connectivity index (χ0v) is 13.8. The third kappa shape index (κ3) is 4.57. The lowest BCUT2D eigenvalue weighted by Gasteiger charge is -2.25. The number of halogens is 4. The summed E-state index contributed by atoms with van der Waals surface area (Å²) in [6.07, 6.45) is -5.21. The molecule has 1 rings (SSSR count). The van der Waals surface area contributed by atoms with E-state index in [1.54, 1.807) is 5.32 Å². The summed E-state index contributed by atoms with van der Waals surface area (Å²) >= 11 is 5.76. The molecule has 0 aliphatic rings. The van der Waals surface area contributed by atoms with Gasteiger partial charge in [0.15, 0.2) is 0 Å². The van der Waals surface area contributed by atoms with Gasteiger partial charge < -0.3 is 15.5 Å². The number of aliphatic hydroxyl groups is 2. The Morgan fingerprint density at radius 1 is 1.33 bits per heavy atom. The van der Waals surface area contributed by atoms with Gasteiger partial charge in [0.25, 0.3) is 5.91 Å². The molecule has 1 aromatic rings. The topological polar surface area (TPSA) is 116 Å². The first-order chi connectivity index (χ1) is 10.8. The van der Waals surface area contributed by atoms with E-state index in [4.69, 9.17) is 16.7 Å². The fourth-order valence-electron chi connectivity index (χ4n) is 1.40. The average Bonchev–Trinajstić information content (AvgIpc) is 2.45. The average molecular weight is 391 g/mol. The number of aliphatic hydroxyl groups excluding tert-OH is 1. The molecule has 0 fully saturated rings. The first-order valence-corrected chi connectivity index (χ1v) is 8.19. The molecule has 4 N–H and O–H groups in total. The van der Waals surface area contributed by atoms with Gasteiger partial charge in [-0.3, -0.25) is 4.79 Å². The van der Waals surface area contributed by atoms with Crippen molar-refractivity contribution >= 4 is 33.2 Å². The van der Waals surface area contributed by atoms with Gasteiger partial charge in [0, 0.05) is 6.54 Å². The van der Waals surface area contributed by atoms with Gasteiger partial charge in [0.05, 0.1) is 22.2 Å². The quantitative estimate of drug-likeness (QED) is 0.575. The van der Waals surface area contributed by atoms with Crippen molar-refractivity contribution in [1.82, 2.24) is 4.72 Å². The minimum atomic E-state index is -5.21. The van der Waals surface area contributed by atoms with Crippen molar-refractivity contribution in [2.24, 2.45) is 0 Å². The highest BCUT2D eigenvalue weighted by Crippen LogP contribution is 2.32. The van der Waals surface area contributed by atoms with Gasteiger partial charge >= 0.3 is 6.18 Å². The van der Waals surface area contributed by atoms with Crippen molar-refractivity contribution < 1.29 is 36.6 Å². The maximum Gasteiger partial charge on any atom is 0.426 e. The normalized spacial score (nSPS) is 15.0. The van der Waals surface area contributed by atoms with Crippen molar-refractivity contribution in [2.45, 2.75) is 23.6 Å². The summed E-state index contributed by atoms with van der Waals surface area (Å²) in [6, 6.07) is 2.86. The van der Waals surface area contributed by atoms with Gasteiger partial charge in [-0.1, -0.05) is 11.6 Å².